The van der Waals surface area contributed by atoms with Gasteiger partial charge in [0.25, 0.3) is 11.6 Å². The van der Waals surface area contributed by atoms with Crippen molar-refractivity contribution in [2.45, 2.75) is 60.3 Å². The Kier molecular flexibility index (Phi) is 7.30. The van der Waals surface area contributed by atoms with Crippen LogP contribution in [-0.4, -0.2) is 28.4 Å². The van der Waals surface area contributed by atoms with Gasteiger partial charge >= 0.3 is 5.97 Å². The molecule has 37 heavy (non-hydrogen) atoms. The Morgan fingerprint density at radius 2 is 1.89 bits per heavy atom. The molecule has 0 aliphatic heterocycles. The molecule has 1 aromatic heterocycles. The van der Waals surface area contributed by atoms with Crippen molar-refractivity contribution >= 4 is 34.2 Å². The van der Waals surface area contributed by atoms with Crippen molar-refractivity contribution in [3.8, 4) is 0 Å². The maximum Gasteiger partial charge on any atom is 0.339 e. The lowest BCUT2D eigenvalue weighted by atomic mass is 9.68. The van der Waals surface area contributed by atoms with Crippen molar-refractivity contribution in [1.82, 2.24) is 4.98 Å². The molecule has 0 spiro atoms. The van der Waals surface area contributed by atoms with Crippen LogP contribution in [0, 0.1) is 35.3 Å². The number of nitrogens with one attached hydrogen (secondary N) is 1. The topological polar surface area (TPSA) is 111 Å². The summed E-state index contributed by atoms with van der Waals surface area (Å²) in [5.41, 5.74) is 4.51. The number of carbonyl (C=O) groups is 2. The summed E-state index contributed by atoms with van der Waals surface area (Å²) in [7, 11) is 0. The number of benzene rings is 2. The number of rotatable bonds is 7. The minimum absolute atomic E-state index is 0.0746. The monoisotopic (exact) mass is 503 g/mol. The number of esters is 1. The van der Waals surface area contributed by atoms with E-state index in [1.807, 2.05) is 24.3 Å². The Morgan fingerprint density at radius 3 is 2.59 bits per heavy atom. The first-order valence-electron chi connectivity index (χ1n) is 12.6. The number of carbonyl (C=O) groups excluding carboxylic acids is 2. The Bertz CT molecular complexity index is 1400. The summed E-state index contributed by atoms with van der Waals surface area (Å²) < 4.78 is 5.49. The molecule has 194 valence electrons. The fourth-order valence-electron chi connectivity index (χ4n) is 5.02. The molecule has 2 aromatic carbocycles. The molecule has 1 amide bonds. The lowest BCUT2D eigenvalue weighted by Crippen LogP contribution is -2.31. The van der Waals surface area contributed by atoms with E-state index in [9.17, 15) is 19.7 Å². The summed E-state index contributed by atoms with van der Waals surface area (Å²) in [6.07, 6.45) is 3.54. The van der Waals surface area contributed by atoms with E-state index in [2.05, 4.69) is 26.1 Å². The number of nitro groups is 1. The van der Waals surface area contributed by atoms with E-state index in [-0.39, 0.29) is 16.8 Å². The number of pyridine rings is 1. The van der Waals surface area contributed by atoms with Gasteiger partial charge in [-0.3, -0.25) is 19.9 Å². The first kappa shape index (κ1) is 26.3. The summed E-state index contributed by atoms with van der Waals surface area (Å²) in [5.74, 6) is -0.834. The number of nitro benzene ring substituents is 1. The van der Waals surface area contributed by atoms with Crippen molar-refractivity contribution in [2.24, 2.45) is 11.3 Å². The lowest BCUT2D eigenvalue weighted by Gasteiger charge is -2.37. The van der Waals surface area contributed by atoms with E-state index in [0.29, 0.717) is 16.9 Å². The van der Waals surface area contributed by atoms with Gasteiger partial charge in [-0.25, -0.2) is 4.79 Å². The third kappa shape index (κ3) is 5.33. The highest BCUT2D eigenvalue weighted by atomic mass is 16.6. The van der Waals surface area contributed by atoms with Crippen molar-refractivity contribution in [3.63, 3.8) is 0 Å². The highest BCUT2D eigenvalue weighted by Gasteiger charge is 2.34. The highest BCUT2D eigenvalue weighted by molar-refractivity contribution is 6.06. The third-order valence-corrected chi connectivity index (χ3v) is 7.90. The second kappa shape index (κ2) is 10.3. The van der Waals surface area contributed by atoms with Crippen LogP contribution in [0.25, 0.3) is 10.9 Å². The number of aromatic nitrogens is 1. The number of amides is 1. The van der Waals surface area contributed by atoms with E-state index in [1.165, 1.54) is 6.07 Å². The molecule has 1 aliphatic rings. The molecule has 1 atom stereocenters. The fraction of sp³-hybridized carbons (Fsp3) is 0.414. The average molecular weight is 504 g/mol. The SMILES string of the molecule is CCC(C)(C)C1CCc2nc3ccccc3c(C(=O)OCC(=O)Nc3cc(C)c(C)cc3[N+](=O)[O-])c2C1. The van der Waals surface area contributed by atoms with Crippen LogP contribution in [0.15, 0.2) is 36.4 Å². The Labute approximate surface area is 216 Å². The molecule has 3 aromatic rings. The molecule has 4 rings (SSSR count). The molecule has 1 N–H and O–H groups in total. The molecule has 8 heteroatoms. The number of ether oxygens (including phenoxy) is 1. The van der Waals surface area contributed by atoms with E-state index >= 15 is 0 Å². The molecule has 1 heterocycles. The molecule has 0 saturated heterocycles. The number of para-hydroxylation sites is 1. The van der Waals surface area contributed by atoms with Crippen molar-refractivity contribution in [3.05, 3.63) is 74.5 Å². The van der Waals surface area contributed by atoms with E-state index in [4.69, 9.17) is 9.72 Å². The number of nitrogens with zero attached hydrogens (tertiary/aromatic N) is 2. The molecule has 0 fully saturated rings. The number of anilines is 1. The minimum atomic E-state index is -0.642. The van der Waals surface area contributed by atoms with Gasteiger partial charge in [-0.1, -0.05) is 45.4 Å². The van der Waals surface area contributed by atoms with Crippen LogP contribution < -0.4 is 5.32 Å². The van der Waals surface area contributed by atoms with Gasteiger partial charge in [0.1, 0.15) is 5.69 Å². The van der Waals surface area contributed by atoms with Gasteiger partial charge in [0.2, 0.25) is 0 Å². The van der Waals surface area contributed by atoms with Gasteiger partial charge in [0.05, 0.1) is 16.0 Å². The summed E-state index contributed by atoms with van der Waals surface area (Å²) in [6.45, 7) is 9.71. The number of hydrogen-bond donors (Lipinski definition) is 1. The molecular formula is C29H33N3O5. The summed E-state index contributed by atoms with van der Waals surface area (Å²) in [5, 5.41) is 14.7. The first-order valence-corrected chi connectivity index (χ1v) is 12.6. The third-order valence-electron chi connectivity index (χ3n) is 7.90. The number of hydrogen-bond acceptors (Lipinski definition) is 6. The predicted octanol–water partition coefficient (Wildman–Crippen LogP) is 6.10. The van der Waals surface area contributed by atoms with Crippen LogP contribution in [0.4, 0.5) is 11.4 Å². The molecule has 8 nitrogen and oxygen atoms in total. The zero-order valence-electron chi connectivity index (χ0n) is 22.0. The summed E-state index contributed by atoms with van der Waals surface area (Å²) in [4.78, 5) is 41.9. The molecule has 0 bridgehead atoms. The Balaban J connectivity index is 1.60. The van der Waals surface area contributed by atoms with Crippen molar-refractivity contribution in [1.29, 1.82) is 0 Å². The largest absolute Gasteiger partial charge is 0.452 e. The highest BCUT2D eigenvalue weighted by Crippen LogP contribution is 2.41. The minimum Gasteiger partial charge on any atom is -0.452 e. The second-order valence-corrected chi connectivity index (χ2v) is 10.5. The quantitative estimate of drug-likeness (QED) is 0.237. The zero-order chi connectivity index (χ0) is 26.9. The predicted molar refractivity (Wildman–Crippen MR) is 143 cm³/mol. The summed E-state index contributed by atoms with van der Waals surface area (Å²) >= 11 is 0. The maximum atomic E-state index is 13.4. The number of aryl methyl sites for hydroxylation is 3. The van der Waals surface area contributed by atoms with Crippen LogP contribution in [0.3, 0.4) is 0 Å². The fourth-order valence-corrected chi connectivity index (χ4v) is 5.02. The average Bonchev–Trinajstić information content (AvgIpc) is 2.87. The van der Waals surface area contributed by atoms with Gasteiger partial charge in [-0.15, -0.1) is 0 Å². The Hall–Kier alpha value is -3.81. The maximum absolute atomic E-state index is 13.4. The van der Waals surface area contributed by atoms with Gasteiger partial charge < -0.3 is 10.1 Å². The van der Waals surface area contributed by atoms with E-state index in [0.717, 1.165) is 53.6 Å². The van der Waals surface area contributed by atoms with Crippen LogP contribution in [-0.2, 0) is 22.4 Å². The molecule has 0 saturated carbocycles. The summed E-state index contributed by atoms with van der Waals surface area (Å²) in [6, 6.07) is 10.4. The standard InChI is InChI=1S/C29H33N3O5/c1-6-29(4,5)19-11-12-23-21(15-19)27(20-9-7-8-10-22(20)30-23)28(34)37-16-26(33)31-24-13-17(2)18(3)14-25(24)32(35)36/h7-10,13-14,19H,6,11-12,15-16H2,1-5H3,(H,31,33). The number of fused-ring (bicyclic) bond motifs is 2. The smallest absolute Gasteiger partial charge is 0.339 e. The van der Waals surface area contributed by atoms with Crippen LogP contribution in [0.2, 0.25) is 0 Å². The van der Waals surface area contributed by atoms with Crippen LogP contribution in [0.5, 0.6) is 0 Å². The van der Waals surface area contributed by atoms with Crippen LogP contribution in [0.1, 0.15) is 66.4 Å². The zero-order valence-corrected chi connectivity index (χ0v) is 22.0. The van der Waals surface area contributed by atoms with Gasteiger partial charge in [0.15, 0.2) is 6.61 Å². The van der Waals surface area contributed by atoms with Gasteiger partial charge in [0, 0.05) is 17.1 Å². The van der Waals surface area contributed by atoms with Crippen LogP contribution >= 0.6 is 0 Å². The lowest BCUT2D eigenvalue weighted by molar-refractivity contribution is -0.384. The second-order valence-electron chi connectivity index (χ2n) is 10.5. The molecule has 1 aliphatic carbocycles. The van der Waals surface area contributed by atoms with Gasteiger partial charge in [-0.05, 0) is 73.3 Å². The Morgan fingerprint density at radius 1 is 1.19 bits per heavy atom. The molecule has 0 radical (unpaired) electrons. The first-order chi connectivity index (χ1) is 17.5. The van der Waals surface area contributed by atoms with E-state index in [1.54, 1.807) is 19.9 Å². The molecule has 1 unspecified atom stereocenters. The van der Waals surface area contributed by atoms with Gasteiger partial charge in [-0.2, -0.15) is 0 Å². The van der Waals surface area contributed by atoms with Crippen molar-refractivity contribution < 1.29 is 19.2 Å². The van der Waals surface area contributed by atoms with Crippen molar-refractivity contribution in [2.75, 3.05) is 11.9 Å². The molecular weight excluding hydrogens is 470 g/mol. The normalized spacial score (nSPS) is 15.2. The van der Waals surface area contributed by atoms with E-state index < -0.39 is 23.4 Å².